The number of hydrazine groups is 1. The Labute approximate surface area is 159 Å². The first-order valence-corrected chi connectivity index (χ1v) is 9.73. The van der Waals surface area contributed by atoms with Gasteiger partial charge in [-0.05, 0) is 23.6 Å². The predicted molar refractivity (Wildman–Crippen MR) is 107 cm³/mol. The van der Waals surface area contributed by atoms with Crippen molar-refractivity contribution in [1.82, 2.24) is 4.98 Å². The molecule has 2 aromatic heterocycles. The molecule has 1 aliphatic heterocycles. The number of aromatic nitrogens is 1. The van der Waals surface area contributed by atoms with Crippen molar-refractivity contribution in [1.29, 1.82) is 0 Å². The summed E-state index contributed by atoms with van der Waals surface area (Å²) in [5, 5.41) is 3.44. The largest absolute Gasteiger partial charge is 0.450 e. The zero-order chi connectivity index (χ0) is 18.5. The van der Waals surface area contributed by atoms with Crippen molar-refractivity contribution in [3.63, 3.8) is 0 Å². The topological polar surface area (TPSA) is 107 Å². The van der Waals surface area contributed by atoms with Crippen LogP contribution in [-0.4, -0.2) is 36.2 Å². The first-order chi connectivity index (χ1) is 12.6. The first kappa shape index (κ1) is 18.6. The SMILES string of the molecule is CN(N)c1ccc(C2=NC(c3cccs3)=C(CC(=O)OCN)SC2)cn1. The van der Waals surface area contributed by atoms with Crippen LogP contribution in [0, 0.1) is 0 Å². The molecule has 3 rings (SSSR count). The second-order valence-electron chi connectivity index (χ2n) is 5.47. The van der Waals surface area contributed by atoms with Gasteiger partial charge in [0.15, 0.2) is 0 Å². The fourth-order valence-corrected chi connectivity index (χ4v) is 4.24. The number of nitrogens with zero attached hydrogens (tertiary/aromatic N) is 3. The fourth-order valence-electron chi connectivity index (χ4n) is 2.38. The number of ether oxygens (including phenoxy) is 1. The molecule has 0 radical (unpaired) electrons. The molecule has 0 saturated heterocycles. The number of esters is 1. The lowest BCUT2D eigenvalue weighted by atomic mass is 10.2. The molecular formula is C17H19N5O2S2. The smallest absolute Gasteiger partial charge is 0.312 e. The second kappa shape index (κ2) is 8.45. The third kappa shape index (κ3) is 4.31. The number of thioether (sulfide) groups is 1. The summed E-state index contributed by atoms with van der Waals surface area (Å²) in [4.78, 5) is 22.9. The van der Waals surface area contributed by atoms with Crippen LogP contribution in [0.5, 0.6) is 0 Å². The van der Waals surface area contributed by atoms with E-state index < -0.39 is 0 Å². The van der Waals surface area contributed by atoms with Gasteiger partial charge in [-0.15, -0.1) is 23.1 Å². The molecule has 0 saturated carbocycles. The molecule has 26 heavy (non-hydrogen) atoms. The third-order valence-electron chi connectivity index (χ3n) is 3.64. The van der Waals surface area contributed by atoms with Crippen LogP contribution in [0.1, 0.15) is 16.9 Å². The maximum Gasteiger partial charge on any atom is 0.312 e. The number of thiophene rings is 1. The van der Waals surface area contributed by atoms with Gasteiger partial charge in [0.1, 0.15) is 12.5 Å². The fraction of sp³-hybridized carbons (Fsp3) is 0.235. The molecule has 0 atom stereocenters. The minimum Gasteiger partial charge on any atom is -0.450 e. The van der Waals surface area contributed by atoms with E-state index in [1.54, 1.807) is 36.3 Å². The van der Waals surface area contributed by atoms with Crippen molar-refractivity contribution in [3.05, 3.63) is 51.2 Å². The van der Waals surface area contributed by atoms with E-state index in [0.29, 0.717) is 11.6 Å². The van der Waals surface area contributed by atoms with Gasteiger partial charge in [0.2, 0.25) is 0 Å². The summed E-state index contributed by atoms with van der Waals surface area (Å²) in [6.07, 6.45) is 1.93. The van der Waals surface area contributed by atoms with Crippen molar-refractivity contribution < 1.29 is 9.53 Å². The van der Waals surface area contributed by atoms with Crippen LogP contribution in [0.2, 0.25) is 0 Å². The number of rotatable bonds is 6. The minimum atomic E-state index is -0.347. The summed E-state index contributed by atoms with van der Waals surface area (Å²) >= 11 is 3.17. The van der Waals surface area contributed by atoms with Crippen LogP contribution >= 0.6 is 23.1 Å². The van der Waals surface area contributed by atoms with Gasteiger partial charge in [-0.2, -0.15) is 0 Å². The van der Waals surface area contributed by atoms with Crippen molar-refractivity contribution >= 4 is 46.3 Å². The number of pyridine rings is 1. The highest BCUT2D eigenvalue weighted by Gasteiger charge is 2.22. The molecule has 0 aliphatic carbocycles. The molecule has 136 valence electrons. The quantitative estimate of drug-likeness (QED) is 0.337. The molecule has 0 bridgehead atoms. The lowest BCUT2D eigenvalue weighted by Crippen LogP contribution is -2.26. The Morgan fingerprint density at radius 1 is 1.38 bits per heavy atom. The highest BCUT2D eigenvalue weighted by atomic mass is 32.2. The van der Waals surface area contributed by atoms with Gasteiger partial charge in [0, 0.05) is 29.5 Å². The van der Waals surface area contributed by atoms with E-state index in [0.717, 1.165) is 26.8 Å². The summed E-state index contributed by atoms with van der Waals surface area (Å²) in [7, 11) is 1.74. The lowest BCUT2D eigenvalue weighted by Gasteiger charge is -2.18. The number of carbonyl (C=O) groups excluding carboxylic acids is 1. The summed E-state index contributed by atoms with van der Waals surface area (Å²) in [5.74, 6) is 6.68. The number of carbonyl (C=O) groups is 1. The Balaban J connectivity index is 1.93. The van der Waals surface area contributed by atoms with Crippen LogP contribution in [0.4, 0.5) is 5.82 Å². The predicted octanol–water partition coefficient (Wildman–Crippen LogP) is 2.21. The molecule has 3 heterocycles. The highest BCUT2D eigenvalue weighted by Crippen LogP contribution is 2.37. The van der Waals surface area contributed by atoms with Gasteiger partial charge < -0.3 is 4.74 Å². The van der Waals surface area contributed by atoms with E-state index in [2.05, 4.69) is 4.98 Å². The molecule has 0 unspecified atom stereocenters. The Bertz CT molecular complexity index is 829. The van der Waals surface area contributed by atoms with Crippen LogP contribution < -0.4 is 16.6 Å². The van der Waals surface area contributed by atoms with E-state index in [4.69, 9.17) is 21.3 Å². The number of nitrogens with two attached hydrogens (primary N) is 2. The molecule has 2 aromatic rings. The van der Waals surface area contributed by atoms with Crippen LogP contribution in [-0.2, 0) is 9.53 Å². The average Bonchev–Trinajstić information content (AvgIpc) is 3.17. The van der Waals surface area contributed by atoms with Gasteiger partial charge in [-0.25, -0.2) is 15.8 Å². The Hall–Kier alpha value is -2.20. The summed E-state index contributed by atoms with van der Waals surface area (Å²) in [6, 6.07) is 7.76. The van der Waals surface area contributed by atoms with Crippen molar-refractivity contribution in [2.24, 2.45) is 16.6 Å². The minimum absolute atomic E-state index is 0.118. The monoisotopic (exact) mass is 389 g/mol. The highest BCUT2D eigenvalue weighted by molar-refractivity contribution is 8.04. The van der Waals surface area contributed by atoms with Gasteiger partial charge >= 0.3 is 5.97 Å². The second-order valence-corrected chi connectivity index (χ2v) is 7.49. The number of anilines is 1. The number of hydrogen-bond acceptors (Lipinski definition) is 9. The molecular weight excluding hydrogens is 370 g/mol. The van der Waals surface area contributed by atoms with Crippen LogP contribution in [0.15, 0.2) is 45.7 Å². The molecule has 0 amide bonds. The maximum atomic E-state index is 11.9. The molecule has 4 N–H and O–H groups in total. The summed E-state index contributed by atoms with van der Waals surface area (Å²) in [6.45, 7) is -0.118. The Kier molecular flexibility index (Phi) is 6.04. The van der Waals surface area contributed by atoms with E-state index in [9.17, 15) is 4.79 Å². The van der Waals surface area contributed by atoms with Crippen molar-refractivity contribution in [3.8, 4) is 0 Å². The maximum absolute atomic E-state index is 11.9. The zero-order valence-electron chi connectivity index (χ0n) is 14.2. The summed E-state index contributed by atoms with van der Waals surface area (Å²) in [5.41, 5.74) is 7.93. The van der Waals surface area contributed by atoms with Crippen LogP contribution in [0.3, 0.4) is 0 Å². The van der Waals surface area contributed by atoms with Crippen molar-refractivity contribution in [2.75, 3.05) is 24.5 Å². The van der Waals surface area contributed by atoms with Gasteiger partial charge in [-0.3, -0.25) is 15.5 Å². The Morgan fingerprint density at radius 2 is 2.23 bits per heavy atom. The average molecular weight is 390 g/mol. The molecule has 7 nitrogen and oxygen atoms in total. The normalized spacial score (nSPS) is 14.2. The Morgan fingerprint density at radius 3 is 2.85 bits per heavy atom. The molecule has 1 aliphatic rings. The van der Waals surface area contributed by atoms with Gasteiger partial charge in [0.25, 0.3) is 0 Å². The summed E-state index contributed by atoms with van der Waals surface area (Å²) < 4.78 is 4.88. The molecule has 9 heteroatoms. The first-order valence-electron chi connectivity index (χ1n) is 7.86. The van der Waals surface area contributed by atoms with E-state index in [1.807, 2.05) is 29.6 Å². The van der Waals surface area contributed by atoms with Crippen molar-refractivity contribution in [2.45, 2.75) is 6.42 Å². The molecule has 0 aromatic carbocycles. The van der Waals surface area contributed by atoms with Gasteiger partial charge in [0.05, 0.1) is 22.7 Å². The molecule has 0 fully saturated rings. The third-order valence-corrected chi connectivity index (χ3v) is 5.62. The number of hydrogen-bond donors (Lipinski definition) is 2. The van der Waals surface area contributed by atoms with Crippen LogP contribution in [0.25, 0.3) is 5.70 Å². The zero-order valence-corrected chi connectivity index (χ0v) is 15.8. The van der Waals surface area contributed by atoms with E-state index in [1.165, 1.54) is 5.01 Å². The van der Waals surface area contributed by atoms with E-state index in [-0.39, 0.29) is 19.1 Å². The lowest BCUT2D eigenvalue weighted by molar-refractivity contribution is -0.142. The number of aliphatic imine (C=N–C) groups is 1. The van der Waals surface area contributed by atoms with E-state index >= 15 is 0 Å². The molecule has 0 spiro atoms. The van der Waals surface area contributed by atoms with Gasteiger partial charge in [-0.1, -0.05) is 6.07 Å². The standard InChI is InChI=1S/C17H19N5O2S2/c1-22(19)15-5-4-11(8-20-15)12-9-26-14(7-16(23)24-10-18)17(21-12)13-3-2-6-25-13/h2-6,8H,7,9-10,18-19H2,1H3.